The molecule has 5 nitrogen and oxygen atoms in total. The molecule has 0 bridgehead atoms. The molecule has 0 spiro atoms. The Labute approximate surface area is 112 Å². The van der Waals surface area contributed by atoms with Gasteiger partial charge in [0.1, 0.15) is 4.90 Å². The molecule has 100 valence electrons. The quantitative estimate of drug-likeness (QED) is 0.858. The lowest BCUT2D eigenvalue weighted by molar-refractivity contribution is 0.259. The van der Waals surface area contributed by atoms with Crippen LogP contribution in [0.4, 0.5) is 0 Å². The minimum atomic E-state index is -3.69. The number of pyridine rings is 1. The first-order chi connectivity index (χ1) is 9.13. The fraction of sp³-hybridized carbons (Fsp3) is 0.154. The van der Waals surface area contributed by atoms with Gasteiger partial charge in [-0.25, -0.2) is 13.1 Å². The second-order valence-electron chi connectivity index (χ2n) is 3.96. The zero-order valence-electron chi connectivity index (χ0n) is 10.1. The van der Waals surface area contributed by atoms with Crippen molar-refractivity contribution in [2.45, 2.75) is 10.9 Å². The van der Waals surface area contributed by atoms with Gasteiger partial charge in [0, 0.05) is 12.4 Å². The molecule has 0 saturated heterocycles. The van der Waals surface area contributed by atoms with Crippen LogP contribution in [0, 0.1) is 0 Å². The van der Waals surface area contributed by atoms with E-state index in [1.54, 1.807) is 30.3 Å². The number of hydrogen-bond acceptors (Lipinski definition) is 4. The first kappa shape index (κ1) is 13.7. The van der Waals surface area contributed by atoms with Crippen molar-refractivity contribution < 1.29 is 13.5 Å². The van der Waals surface area contributed by atoms with Crippen molar-refractivity contribution in [3.8, 4) is 0 Å². The van der Waals surface area contributed by atoms with Gasteiger partial charge in [-0.1, -0.05) is 30.3 Å². The van der Waals surface area contributed by atoms with Gasteiger partial charge in [-0.2, -0.15) is 0 Å². The molecule has 1 heterocycles. The van der Waals surface area contributed by atoms with Crippen molar-refractivity contribution >= 4 is 10.0 Å². The third kappa shape index (κ3) is 3.37. The summed E-state index contributed by atoms with van der Waals surface area (Å²) in [7, 11) is -3.69. The van der Waals surface area contributed by atoms with Crippen LogP contribution in [0.3, 0.4) is 0 Å². The van der Waals surface area contributed by atoms with E-state index in [4.69, 9.17) is 0 Å². The lowest BCUT2D eigenvalue weighted by Gasteiger charge is -2.16. The maximum absolute atomic E-state index is 12.1. The van der Waals surface area contributed by atoms with Crippen molar-refractivity contribution in [2.75, 3.05) is 6.61 Å². The SMILES string of the molecule is O=S(=O)(N[C@H](CO)c1ccccc1)c1cccnc1. The molecule has 1 atom stereocenters. The third-order valence-electron chi connectivity index (χ3n) is 2.63. The van der Waals surface area contributed by atoms with E-state index < -0.39 is 16.1 Å². The minimum Gasteiger partial charge on any atom is -0.394 e. The molecule has 1 aromatic carbocycles. The van der Waals surface area contributed by atoms with E-state index in [9.17, 15) is 13.5 Å². The summed E-state index contributed by atoms with van der Waals surface area (Å²) in [5.41, 5.74) is 0.706. The van der Waals surface area contributed by atoms with Crippen molar-refractivity contribution in [2.24, 2.45) is 0 Å². The van der Waals surface area contributed by atoms with E-state index in [-0.39, 0.29) is 11.5 Å². The predicted molar refractivity (Wildman–Crippen MR) is 70.8 cm³/mol. The Bertz CT molecular complexity index is 615. The summed E-state index contributed by atoms with van der Waals surface area (Å²) in [5.74, 6) is 0. The number of aliphatic hydroxyl groups excluding tert-OH is 1. The molecule has 0 amide bonds. The summed E-state index contributed by atoms with van der Waals surface area (Å²) in [5, 5.41) is 9.35. The van der Waals surface area contributed by atoms with Gasteiger partial charge in [-0.05, 0) is 17.7 Å². The van der Waals surface area contributed by atoms with Gasteiger partial charge in [0.15, 0.2) is 0 Å². The van der Waals surface area contributed by atoms with Crippen LogP contribution in [0.1, 0.15) is 11.6 Å². The van der Waals surface area contributed by atoms with Crippen LogP contribution in [0.15, 0.2) is 59.8 Å². The van der Waals surface area contributed by atoms with E-state index in [1.807, 2.05) is 6.07 Å². The molecular formula is C13H14N2O3S. The summed E-state index contributed by atoms with van der Waals surface area (Å²) in [6.45, 7) is -0.316. The normalized spacial score (nSPS) is 13.1. The second kappa shape index (κ2) is 5.92. The van der Waals surface area contributed by atoms with Crippen molar-refractivity contribution in [3.63, 3.8) is 0 Å². The highest BCUT2D eigenvalue weighted by Crippen LogP contribution is 2.16. The van der Waals surface area contributed by atoms with E-state index in [2.05, 4.69) is 9.71 Å². The summed E-state index contributed by atoms with van der Waals surface area (Å²) in [4.78, 5) is 3.85. The molecule has 0 unspecified atom stereocenters. The molecule has 0 aliphatic heterocycles. The highest BCUT2D eigenvalue weighted by molar-refractivity contribution is 7.89. The Balaban J connectivity index is 2.24. The van der Waals surface area contributed by atoms with Gasteiger partial charge >= 0.3 is 0 Å². The summed E-state index contributed by atoms with van der Waals surface area (Å²) < 4.78 is 26.7. The Kier molecular flexibility index (Phi) is 4.26. The van der Waals surface area contributed by atoms with Crippen LogP contribution >= 0.6 is 0 Å². The maximum Gasteiger partial charge on any atom is 0.242 e. The van der Waals surface area contributed by atoms with Gasteiger partial charge in [0.2, 0.25) is 10.0 Å². The summed E-state index contributed by atoms with van der Waals surface area (Å²) in [6, 6.07) is 11.2. The highest BCUT2D eigenvalue weighted by Gasteiger charge is 2.20. The van der Waals surface area contributed by atoms with Crippen LogP contribution in [0.25, 0.3) is 0 Å². The van der Waals surface area contributed by atoms with Gasteiger partial charge in [-0.3, -0.25) is 4.98 Å². The molecule has 1 aromatic heterocycles. The predicted octanol–water partition coefficient (Wildman–Crippen LogP) is 1.09. The van der Waals surface area contributed by atoms with E-state index in [1.165, 1.54) is 18.5 Å². The van der Waals surface area contributed by atoms with Gasteiger partial charge in [0.25, 0.3) is 0 Å². The minimum absolute atomic E-state index is 0.0735. The number of aromatic nitrogens is 1. The fourth-order valence-corrected chi connectivity index (χ4v) is 2.84. The third-order valence-corrected chi connectivity index (χ3v) is 4.08. The molecule has 0 aliphatic rings. The topological polar surface area (TPSA) is 79.3 Å². The Morgan fingerprint density at radius 2 is 1.89 bits per heavy atom. The van der Waals surface area contributed by atoms with Gasteiger partial charge in [0.05, 0.1) is 12.6 Å². The standard InChI is InChI=1S/C13H14N2O3S/c16-10-13(11-5-2-1-3-6-11)15-19(17,18)12-7-4-8-14-9-12/h1-9,13,15-16H,10H2/t13-/m1/s1. The summed E-state index contributed by atoms with van der Waals surface area (Å²) in [6.07, 6.45) is 2.77. The average molecular weight is 278 g/mol. The van der Waals surface area contributed by atoms with E-state index >= 15 is 0 Å². The van der Waals surface area contributed by atoms with Crippen LogP contribution in [-0.2, 0) is 10.0 Å². The Hall–Kier alpha value is -1.76. The molecule has 0 saturated carbocycles. The second-order valence-corrected chi connectivity index (χ2v) is 5.67. The molecule has 6 heteroatoms. The Morgan fingerprint density at radius 3 is 2.47 bits per heavy atom. The first-order valence-corrected chi connectivity index (χ1v) is 7.20. The monoisotopic (exact) mass is 278 g/mol. The molecule has 2 N–H and O–H groups in total. The molecule has 19 heavy (non-hydrogen) atoms. The number of benzene rings is 1. The lowest BCUT2D eigenvalue weighted by atomic mass is 10.1. The number of nitrogens with zero attached hydrogens (tertiary/aromatic N) is 1. The molecular weight excluding hydrogens is 264 g/mol. The van der Waals surface area contributed by atoms with Crippen molar-refractivity contribution in [1.29, 1.82) is 0 Å². The average Bonchev–Trinajstić information content (AvgIpc) is 2.47. The van der Waals surface area contributed by atoms with Crippen LogP contribution in [-0.4, -0.2) is 25.1 Å². The van der Waals surface area contributed by atoms with E-state index in [0.717, 1.165) is 0 Å². The largest absolute Gasteiger partial charge is 0.394 e. The molecule has 2 aromatic rings. The van der Waals surface area contributed by atoms with Crippen molar-refractivity contribution in [1.82, 2.24) is 9.71 Å². The fourth-order valence-electron chi connectivity index (χ4n) is 1.66. The van der Waals surface area contributed by atoms with Crippen molar-refractivity contribution in [3.05, 3.63) is 60.4 Å². The van der Waals surface area contributed by atoms with Gasteiger partial charge < -0.3 is 5.11 Å². The maximum atomic E-state index is 12.1. The zero-order valence-corrected chi connectivity index (χ0v) is 10.9. The number of sulfonamides is 1. The lowest BCUT2D eigenvalue weighted by Crippen LogP contribution is -2.30. The zero-order chi connectivity index (χ0) is 13.7. The smallest absolute Gasteiger partial charge is 0.242 e. The number of aliphatic hydroxyl groups is 1. The van der Waals surface area contributed by atoms with Crippen LogP contribution in [0.2, 0.25) is 0 Å². The number of nitrogens with one attached hydrogen (secondary N) is 1. The number of rotatable bonds is 5. The molecule has 0 radical (unpaired) electrons. The van der Waals surface area contributed by atoms with Crippen LogP contribution in [0.5, 0.6) is 0 Å². The first-order valence-electron chi connectivity index (χ1n) is 5.71. The van der Waals surface area contributed by atoms with Crippen LogP contribution < -0.4 is 4.72 Å². The van der Waals surface area contributed by atoms with Gasteiger partial charge in [-0.15, -0.1) is 0 Å². The highest BCUT2D eigenvalue weighted by atomic mass is 32.2. The Morgan fingerprint density at radius 1 is 1.16 bits per heavy atom. The van der Waals surface area contributed by atoms with E-state index in [0.29, 0.717) is 5.56 Å². The molecule has 2 rings (SSSR count). The molecule has 0 fully saturated rings. The summed E-state index contributed by atoms with van der Waals surface area (Å²) >= 11 is 0. The number of hydrogen-bond donors (Lipinski definition) is 2. The molecule has 0 aliphatic carbocycles.